The molecule has 0 spiro atoms. The van der Waals surface area contributed by atoms with Gasteiger partial charge in [-0.3, -0.25) is 0 Å². The van der Waals surface area contributed by atoms with E-state index >= 15 is 0 Å². The van der Waals surface area contributed by atoms with E-state index in [2.05, 4.69) is 5.48 Å². The standard InChI is InChI=1S/C9H13F2NO/c10-8(11)4-7-9(12-13)5-2-1-3-6-9/h1-3,5,8,12-13H,4,6-7H2. The lowest BCUT2D eigenvalue weighted by Gasteiger charge is -2.29. The first kappa shape index (κ1) is 10.3. The predicted octanol–water partition coefficient (Wildman–Crippen LogP) is 2.27. The van der Waals surface area contributed by atoms with Gasteiger partial charge in [0.05, 0.1) is 5.54 Å². The molecule has 1 unspecified atom stereocenters. The van der Waals surface area contributed by atoms with Gasteiger partial charge in [-0.25, -0.2) is 8.78 Å². The minimum atomic E-state index is -2.32. The summed E-state index contributed by atoms with van der Waals surface area (Å²) >= 11 is 0. The molecule has 0 bridgehead atoms. The van der Waals surface area contributed by atoms with Crippen molar-refractivity contribution in [1.82, 2.24) is 5.48 Å². The van der Waals surface area contributed by atoms with E-state index in [-0.39, 0.29) is 12.8 Å². The number of hydroxylamine groups is 1. The molecule has 2 nitrogen and oxygen atoms in total. The fraction of sp³-hybridized carbons (Fsp3) is 0.556. The number of halogens is 2. The Morgan fingerprint density at radius 3 is 2.69 bits per heavy atom. The molecular formula is C9H13F2NO. The summed E-state index contributed by atoms with van der Waals surface area (Å²) in [6.07, 6.45) is 5.41. The third-order valence-corrected chi connectivity index (χ3v) is 2.18. The number of allylic oxidation sites excluding steroid dienone is 2. The summed E-state index contributed by atoms with van der Waals surface area (Å²) in [4.78, 5) is 0. The molecule has 1 rings (SSSR count). The Hall–Kier alpha value is -0.740. The van der Waals surface area contributed by atoms with Crippen molar-refractivity contribution >= 4 is 0 Å². The van der Waals surface area contributed by atoms with E-state index in [1.807, 2.05) is 12.2 Å². The molecule has 1 aliphatic rings. The number of rotatable bonds is 4. The maximum atomic E-state index is 11.9. The summed E-state index contributed by atoms with van der Waals surface area (Å²) in [6.45, 7) is 0. The molecule has 0 saturated carbocycles. The van der Waals surface area contributed by atoms with Crippen LogP contribution in [0.25, 0.3) is 0 Å². The molecule has 0 aliphatic heterocycles. The van der Waals surface area contributed by atoms with Crippen LogP contribution < -0.4 is 5.48 Å². The Bertz CT molecular complexity index is 216. The van der Waals surface area contributed by atoms with Crippen LogP contribution in [0.3, 0.4) is 0 Å². The minimum absolute atomic E-state index is 0.203. The third kappa shape index (κ3) is 2.90. The van der Waals surface area contributed by atoms with Gasteiger partial charge in [-0.1, -0.05) is 24.3 Å². The topological polar surface area (TPSA) is 32.3 Å². The van der Waals surface area contributed by atoms with Gasteiger partial charge in [0.1, 0.15) is 0 Å². The van der Waals surface area contributed by atoms with Gasteiger partial charge in [-0.05, 0) is 12.8 Å². The molecule has 2 N–H and O–H groups in total. The van der Waals surface area contributed by atoms with E-state index in [0.29, 0.717) is 6.42 Å². The molecule has 0 radical (unpaired) electrons. The Kier molecular flexibility index (Phi) is 3.57. The van der Waals surface area contributed by atoms with Crippen molar-refractivity contribution in [3.05, 3.63) is 24.3 Å². The Balaban J connectivity index is 2.50. The number of hydrogen-bond acceptors (Lipinski definition) is 2. The molecule has 0 amide bonds. The highest BCUT2D eigenvalue weighted by molar-refractivity contribution is 5.20. The zero-order valence-electron chi connectivity index (χ0n) is 7.21. The lowest BCUT2D eigenvalue weighted by Crippen LogP contribution is -2.42. The Morgan fingerprint density at radius 1 is 1.46 bits per heavy atom. The quantitative estimate of drug-likeness (QED) is 0.665. The first-order valence-electron chi connectivity index (χ1n) is 4.22. The van der Waals surface area contributed by atoms with Crippen LogP contribution in [0.2, 0.25) is 0 Å². The van der Waals surface area contributed by atoms with Gasteiger partial charge in [0.25, 0.3) is 0 Å². The summed E-state index contributed by atoms with van der Waals surface area (Å²) < 4.78 is 23.9. The molecule has 0 aromatic rings. The summed E-state index contributed by atoms with van der Waals surface area (Å²) in [6, 6.07) is 0. The number of nitrogens with one attached hydrogen (secondary N) is 1. The molecule has 0 aromatic carbocycles. The molecular weight excluding hydrogens is 176 g/mol. The van der Waals surface area contributed by atoms with Crippen LogP contribution in [-0.4, -0.2) is 17.2 Å². The van der Waals surface area contributed by atoms with Crippen molar-refractivity contribution in [2.75, 3.05) is 0 Å². The first-order chi connectivity index (χ1) is 6.18. The smallest absolute Gasteiger partial charge is 0.238 e. The van der Waals surface area contributed by atoms with Gasteiger partial charge in [-0.15, -0.1) is 0 Å². The second-order valence-corrected chi connectivity index (χ2v) is 3.19. The van der Waals surface area contributed by atoms with Gasteiger partial charge in [0.2, 0.25) is 6.43 Å². The summed E-state index contributed by atoms with van der Waals surface area (Å²) in [5, 5.41) is 8.87. The van der Waals surface area contributed by atoms with Crippen LogP contribution in [0.1, 0.15) is 19.3 Å². The van der Waals surface area contributed by atoms with E-state index in [0.717, 1.165) is 0 Å². The summed E-state index contributed by atoms with van der Waals surface area (Å²) in [5.74, 6) is 0. The zero-order valence-corrected chi connectivity index (χ0v) is 7.21. The Morgan fingerprint density at radius 2 is 2.23 bits per heavy atom. The molecule has 0 saturated heterocycles. The van der Waals surface area contributed by atoms with Crippen molar-refractivity contribution in [1.29, 1.82) is 0 Å². The maximum absolute atomic E-state index is 11.9. The van der Waals surface area contributed by atoms with E-state index < -0.39 is 12.0 Å². The average Bonchev–Trinajstić information content (AvgIpc) is 2.16. The van der Waals surface area contributed by atoms with E-state index in [1.165, 1.54) is 0 Å². The first-order valence-corrected chi connectivity index (χ1v) is 4.22. The highest BCUT2D eigenvalue weighted by Crippen LogP contribution is 2.24. The predicted molar refractivity (Wildman–Crippen MR) is 45.8 cm³/mol. The molecule has 0 heterocycles. The molecule has 0 fully saturated rings. The second kappa shape index (κ2) is 4.48. The van der Waals surface area contributed by atoms with Crippen LogP contribution >= 0.6 is 0 Å². The van der Waals surface area contributed by atoms with Crippen molar-refractivity contribution in [2.24, 2.45) is 0 Å². The zero-order chi connectivity index (χ0) is 9.73. The van der Waals surface area contributed by atoms with E-state index in [1.54, 1.807) is 12.2 Å². The van der Waals surface area contributed by atoms with E-state index in [4.69, 9.17) is 5.21 Å². The lowest BCUT2D eigenvalue weighted by atomic mass is 9.87. The normalized spacial score (nSPS) is 27.1. The highest BCUT2D eigenvalue weighted by atomic mass is 19.3. The molecule has 74 valence electrons. The number of hydrogen-bond donors (Lipinski definition) is 2. The largest absolute Gasteiger partial charge is 0.316 e. The summed E-state index contributed by atoms with van der Waals surface area (Å²) in [7, 11) is 0. The second-order valence-electron chi connectivity index (χ2n) is 3.19. The van der Waals surface area contributed by atoms with Gasteiger partial charge >= 0.3 is 0 Å². The Labute approximate surface area is 75.9 Å². The van der Waals surface area contributed by atoms with Gasteiger partial charge in [0.15, 0.2) is 0 Å². The monoisotopic (exact) mass is 189 g/mol. The average molecular weight is 189 g/mol. The van der Waals surface area contributed by atoms with Crippen molar-refractivity contribution < 1.29 is 14.0 Å². The molecule has 0 aromatic heterocycles. The fourth-order valence-corrected chi connectivity index (χ4v) is 1.36. The molecule has 1 aliphatic carbocycles. The molecule has 13 heavy (non-hydrogen) atoms. The summed E-state index contributed by atoms with van der Waals surface area (Å²) in [5.41, 5.74) is 1.41. The van der Waals surface area contributed by atoms with Crippen LogP contribution in [0.4, 0.5) is 8.78 Å². The molecule has 1 atom stereocenters. The lowest BCUT2D eigenvalue weighted by molar-refractivity contribution is 0.0623. The van der Waals surface area contributed by atoms with E-state index in [9.17, 15) is 8.78 Å². The van der Waals surface area contributed by atoms with Crippen LogP contribution in [0.5, 0.6) is 0 Å². The van der Waals surface area contributed by atoms with Crippen LogP contribution in [0.15, 0.2) is 24.3 Å². The molecule has 4 heteroatoms. The van der Waals surface area contributed by atoms with Crippen molar-refractivity contribution in [3.8, 4) is 0 Å². The SMILES string of the molecule is ONC1(CCC(F)F)C=CC=CC1. The van der Waals surface area contributed by atoms with Crippen molar-refractivity contribution in [2.45, 2.75) is 31.2 Å². The van der Waals surface area contributed by atoms with Gasteiger partial charge in [0, 0.05) is 6.42 Å². The van der Waals surface area contributed by atoms with Crippen LogP contribution in [0, 0.1) is 0 Å². The highest BCUT2D eigenvalue weighted by Gasteiger charge is 2.27. The van der Waals surface area contributed by atoms with Crippen molar-refractivity contribution in [3.63, 3.8) is 0 Å². The van der Waals surface area contributed by atoms with Gasteiger partial charge in [-0.2, -0.15) is 5.48 Å². The minimum Gasteiger partial charge on any atom is -0.316 e. The fourth-order valence-electron chi connectivity index (χ4n) is 1.36. The number of alkyl halides is 2. The third-order valence-electron chi connectivity index (χ3n) is 2.18. The van der Waals surface area contributed by atoms with Gasteiger partial charge < -0.3 is 5.21 Å². The maximum Gasteiger partial charge on any atom is 0.238 e. The van der Waals surface area contributed by atoms with Crippen LogP contribution in [-0.2, 0) is 0 Å².